The summed E-state index contributed by atoms with van der Waals surface area (Å²) in [6.45, 7) is 0. The Labute approximate surface area is 145 Å². The van der Waals surface area contributed by atoms with Crippen LogP contribution in [0.25, 0.3) is 0 Å². The topological polar surface area (TPSA) is 120 Å². The van der Waals surface area contributed by atoms with Crippen LogP contribution < -0.4 is 5.73 Å². The third-order valence-corrected chi connectivity index (χ3v) is 6.66. The molecule has 3 rings (SSSR count). The highest BCUT2D eigenvalue weighted by molar-refractivity contribution is 7.92. The Morgan fingerprint density at radius 3 is 1.36 bits per heavy atom. The van der Waals surface area contributed by atoms with Crippen molar-refractivity contribution in [3.05, 3.63) is 66.7 Å². The summed E-state index contributed by atoms with van der Waals surface area (Å²) in [7, 11) is -8.04. The largest absolute Gasteiger partial charge is 0.368 e. The Morgan fingerprint density at radius 2 is 1.00 bits per heavy atom. The number of nitrogens with two attached hydrogens (primary N) is 1. The lowest BCUT2D eigenvalue weighted by Gasteiger charge is -2.08. The predicted octanol–water partition coefficient (Wildman–Crippen LogP) is 1.72. The molecule has 0 aliphatic carbocycles. The van der Waals surface area contributed by atoms with Gasteiger partial charge in [0.15, 0.2) is 10.1 Å². The van der Waals surface area contributed by atoms with Crippen molar-refractivity contribution in [2.45, 2.75) is 19.8 Å². The molecule has 0 radical (unpaired) electrons. The molecule has 9 heteroatoms. The van der Waals surface area contributed by atoms with E-state index >= 15 is 0 Å². The van der Waals surface area contributed by atoms with Crippen LogP contribution in [0.3, 0.4) is 0 Å². The molecule has 0 unspecified atom stereocenters. The van der Waals surface area contributed by atoms with Crippen molar-refractivity contribution in [1.29, 1.82) is 0 Å². The number of benzene rings is 2. The van der Waals surface area contributed by atoms with Gasteiger partial charge in [0.25, 0.3) is 0 Å². The van der Waals surface area contributed by atoms with Crippen molar-refractivity contribution in [2.24, 2.45) is 0 Å². The SMILES string of the molecule is Nc1nc(S(=O)(=O)c2ccccc2)cc(S(=O)(=O)c2ccccc2)n1. The normalized spacial score (nSPS) is 12.0. The summed E-state index contributed by atoms with van der Waals surface area (Å²) < 4.78 is 50.6. The molecule has 0 bridgehead atoms. The third-order valence-electron chi connectivity index (χ3n) is 3.35. The zero-order valence-electron chi connectivity index (χ0n) is 12.8. The van der Waals surface area contributed by atoms with Crippen LogP contribution in [0, 0.1) is 0 Å². The number of nitrogen functional groups attached to an aromatic ring is 1. The lowest BCUT2D eigenvalue weighted by Crippen LogP contribution is -2.12. The smallest absolute Gasteiger partial charge is 0.224 e. The fraction of sp³-hybridized carbons (Fsp3) is 0. The van der Waals surface area contributed by atoms with Crippen LogP contribution in [-0.4, -0.2) is 26.8 Å². The number of aromatic nitrogens is 2. The van der Waals surface area contributed by atoms with Crippen molar-refractivity contribution in [2.75, 3.05) is 5.73 Å². The molecule has 0 aliphatic heterocycles. The molecular formula is C16H13N3O4S2. The maximum atomic E-state index is 12.7. The molecule has 1 aromatic heterocycles. The average molecular weight is 375 g/mol. The van der Waals surface area contributed by atoms with E-state index in [1.165, 1.54) is 24.3 Å². The van der Waals surface area contributed by atoms with Crippen LogP contribution in [0.15, 0.2) is 86.6 Å². The zero-order valence-corrected chi connectivity index (χ0v) is 14.4. The van der Waals surface area contributed by atoms with Gasteiger partial charge in [0.2, 0.25) is 25.6 Å². The lowest BCUT2D eigenvalue weighted by molar-refractivity contribution is 0.587. The van der Waals surface area contributed by atoms with Gasteiger partial charge in [-0.25, -0.2) is 26.8 Å². The van der Waals surface area contributed by atoms with Gasteiger partial charge in [-0.05, 0) is 24.3 Å². The van der Waals surface area contributed by atoms with Gasteiger partial charge in [-0.2, -0.15) is 0 Å². The Kier molecular flexibility index (Phi) is 4.27. The molecule has 0 amide bonds. The molecule has 0 aliphatic rings. The molecule has 1 heterocycles. The Balaban J connectivity index is 2.18. The number of nitrogens with zero attached hydrogens (tertiary/aromatic N) is 2. The van der Waals surface area contributed by atoms with Gasteiger partial charge in [0.05, 0.1) is 9.79 Å². The third kappa shape index (κ3) is 3.24. The molecular weight excluding hydrogens is 362 g/mol. The van der Waals surface area contributed by atoms with Gasteiger partial charge in [-0.1, -0.05) is 36.4 Å². The molecule has 2 aromatic carbocycles. The monoisotopic (exact) mass is 375 g/mol. The maximum Gasteiger partial charge on any atom is 0.224 e. The van der Waals surface area contributed by atoms with E-state index in [-0.39, 0.29) is 9.79 Å². The maximum absolute atomic E-state index is 12.7. The van der Waals surface area contributed by atoms with Crippen molar-refractivity contribution < 1.29 is 16.8 Å². The van der Waals surface area contributed by atoms with Gasteiger partial charge in [0, 0.05) is 6.07 Å². The van der Waals surface area contributed by atoms with E-state index in [0.29, 0.717) is 0 Å². The van der Waals surface area contributed by atoms with Crippen LogP contribution in [0.2, 0.25) is 0 Å². The van der Waals surface area contributed by atoms with Gasteiger partial charge in [0.1, 0.15) is 0 Å². The van der Waals surface area contributed by atoms with E-state index in [0.717, 1.165) is 6.07 Å². The highest BCUT2D eigenvalue weighted by atomic mass is 32.2. The van der Waals surface area contributed by atoms with E-state index in [4.69, 9.17) is 5.73 Å². The summed E-state index contributed by atoms with van der Waals surface area (Å²) in [5.74, 6) is -0.438. The average Bonchev–Trinajstić information content (AvgIpc) is 2.62. The first-order valence-corrected chi connectivity index (χ1v) is 10.0. The van der Waals surface area contributed by atoms with Crippen LogP contribution >= 0.6 is 0 Å². The van der Waals surface area contributed by atoms with Crippen LogP contribution in [0.5, 0.6) is 0 Å². The molecule has 0 spiro atoms. The van der Waals surface area contributed by atoms with Crippen LogP contribution in [0.4, 0.5) is 5.95 Å². The first-order valence-electron chi connectivity index (χ1n) is 7.06. The number of hydrogen-bond donors (Lipinski definition) is 1. The number of rotatable bonds is 4. The fourth-order valence-electron chi connectivity index (χ4n) is 2.14. The van der Waals surface area contributed by atoms with Crippen LogP contribution in [0.1, 0.15) is 0 Å². The van der Waals surface area contributed by atoms with Gasteiger partial charge in [-0.15, -0.1) is 0 Å². The van der Waals surface area contributed by atoms with E-state index in [1.54, 1.807) is 36.4 Å². The summed E-state index contributed by atoms with van der Waals surface area (Å²) in [5.41, 5.74) is 5.56. The second kappa shape index (κ2) is 6.26. The first kappa shape index (κ1) is 17.1. The number of anilines is 1. The standard InChI is InChI=1S/C16H13N3O4S2/c17-16-18-14(24(20,21)12-7-3-1-4-8-12)11-15(19-16)25(22,23)13-9-5-2-6-10-13/h1-11H,(H2,17,18,19). The summed E-state index contributed by atoms with van der Waals surface area (Å²) in [6.07, 6.45) is 0. The minimum atomic E-state index is -4.02. The van der Waals surface area contributed by atoms with Crippen molar-refractivity contribution in [3.8, 4) is 0 Å². The van der Waals surface area contributed by atoms with Gasteiger partial charge >= 0.3 is 0 Å². The first-order chi connectivity index (χ1) is 11.8. The summed E-state index contributed by atoms with van der Waals surface area (Å²) in [4.78, 5) is 7.37. The highest BCUT2D eigenvalue weighted by Gasteiger charge is 2.26. The van der Waals surface area contributed by atoms with E-state index in [9.17, 15) is 16.8 Å². The molecule has 0 atom stereocenters. The van der Waals surface area contributed by atoms with Crippen molar-refractivity contribution in [3.63, 3.8) is 0 Å². The number of sulfone groups is 2. The van der Waals surface area contributed by atoms with Crippen molar-refractivity contribution in [1.82, 2.24) is 9.97 Å². The molecule has 25 heavy (non-hydrogen) atoms. The molecule has 3 aromatic rings. The molecule has 0 saturated heterocycles. The fourth-order valence-corrected chi connectivity index (χ4v) is 4.69. The molecule has 0 fully saturated rings. The molecule has 0 saturated carbocycles. The second-order valence-electron chi connectivity index (χ2n) is 5.04. The quantitative estimate of drug-likeness (QED) is 0.689. The molecule has 2 N–H and O–H groups in total. The summed E-state index contributed by atoms with van der Waals surface area (Å²) >= 11 is 0. The minimum absolute atomic E-state index is 0.0174. The number of hydrogen-bond acceptors (Lipinski definition) is 7. The summed E-state index contributed by atoms with van der Waals surface area (Å²) in [6, 6.07) is 16.0. The van der Waals surface area contributed by atoms with E-state index < -0.39 is 35.7 Å². The van der Waals surface area contributed by atoms with E-state index in [1.807, 2.05) is 0 Å². The molecule has 7 nitrogen and oxygen atoms in total. The Morgan fingerprint density at radius 1 is 0.640 bits per heavy atom. The van der Waals surface area contributed by atoms with Gasteiger partial charge < -0.3 is 5.73 Å². The summed E-state index contributed by atoms with van der Waals surface area (Å²) in [5, 5.41) is -0.943. The van der Waals surface area contributed by atoms with Crippen molar-refractivity contribution >= 4 is 25.6 Å². The van der Waals surface area contributed by atoms with Gasteiger partial charge in [-0.3, -0.25) is 0 Å². The predicted molar refractivity (Wildman–Crippen MR) is 90.2 cm³/mol. The lowest BCUT2D eigenvalue weighted by atomic mass is 10.4. The Hall–Kier alpha value is -2.78. The Bertz CT molecular complexity index is 1030. The minimum Gasteiger partial charge on any atom is -0.368 e. The highest BCUT2D eigenvalue weighted by Crippen LogP contribution is 2.24. The zero-order chi connectivity index (χ0) is 18.1. The second-order valence-corrected chi connectivity index (χ2v) is 8.83. The molecule has 128 valence electrons. The van der Waals surface area contributed by atoms with Crippen LogP contribution in [-0.2, 0) is 19.7 Å². The van der Waals surface area contributed by atoms with E-state index in [2.05, 4.69) is 9.97 Å².